The highest BCUT2D eigenvalue weighted by Gasteiger charge is 2.35. The van der Waals surface area contributed by atoms with E-state index in [0.29, 0.717) is 17.2 Å². The smallest absolute Gasteiger partial charge is 0.317 e. The second-order valence-electron chi connectivity index (χ2n) is 11.4. The Morgan fingerprint density at radius 1 is 1.17 bits per heavy atom. The first-order valence-electron chi connectivity index (χ1n) is 14.6. The van der Waals surface area contributed by atoms with Crippen LogP contribution in [0.15, 0.2) is 42.5 Å². The molecular weight excluding hydrogens is 554 g/mol. The third kappa shape index (κ3) is 6.52. The zero-order valence-electron chi connectivity index (χ0n) is 24.3. The van der Waals surface area contributed by atoms with E-state index in [2.05, 4.69) is 15.6 Å². The Morgan fingerprint density at radius 2 is 1.93 bits per heavy atom. The third-order valence-electron chi connectivity index (χ3n) is 8.16. The van der Waals surface area contributed by atoms with E-state index in [4.69, 9.17) is 4.74 Å². The number of aromatic nitrogens is 1. The molecule has 3 aromatic rings. The Kier molecular flexibility index (Phi) is 9.27. The lowest BCUT2D eigenvalue weighted by molar-refractivity contribution is 0.0367. The topological polar surface area (TPSA) is 124 Å². The van der Waals surface area contributed by atoms with Gasteiger partial charge in [0.1, 0.15) is 6.10 Å². The Labute approximate surface area is 250 Å². The van der Waals surface area contributed by atoms with Gasteiger partial charge in [-0.3, -0.25) is 9.59 Å². The molecule has 42 heavy (non-hydrogen) atoms. The second kappa shape index (κ2) is 13.1. The maximum Gasteiger partial charge on any atom is 0.317 e. The van der Waals surface area contributed by atoms with Crippen LogP contribution in [0.2, 0.25) is 0 Å². The Morgan fingerprint density at radius 3 is 2.67 bits per heavy atom. The Bertz CT molecular complexity index is 1410. The molecule has 1 saturated carbocycles. The van der Waals surface area contributed by atoms with Crippen molar-refractivity contribution < 1.29 is 24.2 Å². The number of aliphatic hydroxyl groups excluding tert-OH is 1. The SMILES string of the molecule is C[C@@H]1CN([C@H](C)CO)C(=O)c2cccc(NC(=O)c3nc4ccccc4s3)c2O[C@H]1CN(C)C(=O)NC1CCCCC1. The molecule has 0 unspecified atom stereocenters. The first-order chi connectivity index (χ1) is 20.2. The van der Waals surface area contributed by atoms with Gasteiger partial charge in [-0.1, -0.05) is 44.4 Å². The number of anilines is 1. The van der Waals surface area contributed by atoms with Gasteiger partial charge in [-0.05, 0) is 44.0 Å². The van der Waals surface area contributed by atoms with Crippen molar-refractivity contribution in [2.45, 2.75) is 64.1 Å². The van der Waals surface area contributed by atoms with Crippen LogP contribution in [0.3, 0.4) is 0 Å². The van der Waals surface area contributed by atoms with Crippen LogP contribution in [0.25, 0.3) is 10.2 Å². The summed E-state index contributed by atoms with van der Waals surface area (Å²) in [5.41, 5.74) is 1.36. The number of carbonyl (C=O) groups is 3. The molecule has 2 aromatic carbocycles. The summed E-state index contributed by atoms with van der Waals surface area (Å²) in [5, 5.41) is 16.3. The fraction of sp³-hybridized carbons (Fsp3) is 0.484. The van der Waals surface area contributed by atoms with Gasteiger partial charge in [0.25, 0.3) is 11.8 Å². The number of thiazole rings is 1. The summed E-state index contributed by atoms with van der Waals surface area (Å²) >= 11 is 1.29. The molecule has 0 saturated heterocycles. The lowest BCUT2D eigenvalue weighted by Crippen LogP contribution is -2.52. The number of likely N-dealkylation sites (N-methyl/N-ethyl adjacent to an activating group) is 1. The molecule has 0 spiro atoms. The lowest BCUT2D eigenvalue weighted by atomic mass is 9.96. The van der Waals surface area contributed by atoms with E-state index in [1.165, 1.54) is 17.8 Å². The highest BCUT2D eigenvalue weighted by Crippen LogP contribution is 2.35. The van der Waals surface area contributed by atoms with Gasteiger partial charge >= 0.3 is 6.03 Å². The predicted molar refractivity (Wildman–Crippen MR) is 163 cm³/mol. The van der Waals surface area contributed by atoms with E-state index in [-0.39, 0.29) is 48.4 Å². The van der Waals surface area contributed by atoms with E-state index < -0.39 is 18.1 Å². The molecule has 0 radical (unpaired) electrons. The van der Waals surface area contributed by atoms with Gasteiger partial charge in [-0.25, -0.2) is 9.78 Å². The van der Waals surface area contributed by atoms with Gasteiger partial charge in [0.15, 0.2) is 10.8 Å². The maximum atomic E-state index is 13.8. The number of nitrogens with zero attached hydrogens (tertiary/aromatic N) is 3. The minimum atomic E-state index is -0.493. The van der Waals surface area contributed by atoms with Crippen molar-refractivity contribution in [1.82, 2.24) is 20.1 Å². The summed E-state index contributed by atoms with van der Waals surface area (Å²) < 4.78 is 7.45. The molecule has 10 nitrogen and oxygen atoms in total. The summed E-state index contributed by atoms with van der Waals surface area (Å²) in [5.74, 6) is -0.646. The van der Waals surface area contributed by atoms with Crippen molar-refractivity contribution in [3.8, 4) is 5.75 Å². The van der Waals surface area contributed by atoms with Crippen LogP contribution < -0.4 is 15.4 Å². The lowest BCUT2D eigenvalue weighted by Gasteiger charge is -2.38. The highest BCUT2D eigenvalue weighted by atomic mass is 32.1. The molecule has 0 bridgehead atoms. The van der Waals surface area contributed by atoms with Crippen molar-refractivity contribution in [2.24, 2.45) is 5.92 Å². The molecule has 3 N–H and O–H groups in total. The fourth-order valence-electron chi connectivity index (χ4n) is 5.59. The van der Waals surface area contributed by atoms with Gasteiger partial charge in [-0.2, -0.15) is 0 Å². The minimum Gasteiger partial charge on any atom is -0.485 e. The van der Waals surface area contributed by atoms with Crippen molar-refractivity contribution in [3.63, 3.8) is 0 Å². The van der Waals surface area contributed by atoms with Gasteiger partial charge in [0.05, 0.1) is 40.7 Å². The van der Waals surface area contributed by atoms with Crippen LogP contribution in [-0.2, 0) is 0 Å². The molecule has 4 amide bonds. The molecule has 1 fully saturated rings. The number of para-hydroxylation sites is 2. The molecule has 11 heteroatoms. The number of aliphatic hydroxyl groups is 1. The number of ether oxygens (including phenoxy) is 1. The molecule has 2 aliphatic rings. The van der Waals surface area contributed by atoms with Crippen LogP contribution in [0.5, 0.6) is 5.75 Å². The average Bonchev–Trinajstić information content (AvgIpc) is 3.44. The number of benzene rings is 2. The maximum absolute atomic E-state index is 13.8. The van der Waals surface area contributed by atoms with E-state index in [9.17, 15) is 19.5 Å². The van der Waals surface area contributed by atoms with Gasteiger partial charge < -0.3 is 30.3 Å². The number of fused-ring (bicyclic) bond motifs is 2. The number of hydrogen-bond acceptors (Lipinski definition) is 7. The number of hydrogen-bond donors (Lipinski definition) is 3. The third-order valence-corrected chi connectivity index (χ3v) is 9.20. The van der Waals surface area contributed by atoms with Crippen LogP contribution in [0.4, 0.5) is 10.5 Å². The van der Waals surface area contributed by atoms with Gasteiger partial charge in [0.2, 0.25) is 0 Å². The molecular formula is C31H39N5O5S. The minimum absolute atomic E-state index is 0.158. The summed E-state index contributed by atoms with van der Waals surface area (Å²) in [6, 6.07) is 12.2. The average molecular weight is 594 g/mol. The van der Waals surface area contributed by atoms with E-state index in [1.54, 1.807) is 42.0 Å². The highest BCUT2D eigenvalue weighted by molar-refractivity contribution is 7.20. The Balaban J connectivity index is 1.43. The van der Waals surface area contributed by atoms with Crippen molar-refractivity contribution in [2.75, 3.05) is 32.1 Å². The fourth-order valence-corrected chi connectivity index (χ4v) is 6.45. The van der Waals surface area contributed by atoms with Crippen LogP contribution in [-0.4, -0.2) is 82.7 Å². The van der Waals surface area contributed by atoms with Crippen molar-refractivity contribution in [3.05, 3.63) is 53.0 Å². The molecule has 2 heterocycles. The molecule has 5 rings (SSSR count). The van der Waals surface area contributed by atoms with Crippen molar-refractivity contribution in [1.29, 1.82) is 0 Å². The summed E-state index contributed by atoms with van der Waals surface area (Å²) in [4.78, 5) is 47.9. The number of amides is 4. The van der Waals surface area contributed by atoms with Crippen LogP contribution in [0.1, 0.15) is 66.1 Å². The van der Waals surface area contributed by atoms with E-state index in [0.717, 1.165) is 35.9 Å². The first kappa shape index (κ1) is 29.8. The Hall–Kier alpha value is -3.70. The first-order valence-corrected chi connectivity index (χ1v) is 15.5. The van der Waals surface area contributed by atoms with Gasteiger partial charge in [-0.15, -0.1) is 11.3 Å². The number of nitrogens with one attached hydrogen (secondary N) is 2. The zero-order valence-corrected chi connectivity index (χ0v) is 25.2. The van der Waals surface area contributed by atoms with E-state index >= 15 is 0 Å². The number of urea groups is 1. The number of rotatable bonds is 7. The molecule has 1 aromatic heterocycles. The van der Waals surface area contributed by atoms with Gasteiger partial charge in [0, 0.05) is 25.6 Å². The molecule has 1 aliphatic heterocycles. The zero-order chi connectivity index (χ0) is 29.8. The second-order valence-corrected chi connectivity index (χ2v) is 12.4. The molecule has 224 valence electrons. The van der Waals surface area contributed by atoms with E-state index in [1.807, 2.05) is 31.2 Å². The quantitative estimate of drug-likeness (QED) is 0.364. The number of carbonyl (C=O) groups excluding carboxylic acids is 3. The summed E-state index contributed by atoms with van der Waals surface area (Å²) in [6.45, 7) is 4.18. The van der Waals surface area contributed by atoms with Crippen molar-refractivity contribution >= 4 is 45.1 Å². The molecule has 3 atom stereocenters. The summed E-state index contributed by atoms with van der Waals surface area (Å²) in [6.07, 6.45) is 4.91. The van der Waals surface area contributed by atoms with Crippen LogP contribution >= 0.6 is 11.3 Å². The molecule has 1 aliphatic carbocycles. The van der Waals surface area contributed by atoms with Crippen LogP contribution in [0, 0.1) is 5.92 Å². The predicted octanol–water partition coefficient (Wildman–Crippen LogP) is 4.74. The summed E-state index contributed by atoms with van der Waals surface area (Å²) in [7, 11) is 1.74. The monoisotopic (exact) mass is 593 g/mol. The largest absolute Gasteiger partial charge is 0.485 e. The normalized spacial score (nSPS) is 20.2. The standard InChI is InChI=1S/C31H39N5O5S/c1-19-16-36(20(2)18-37)30(39)22-12-9-14-24(33-28(38)29-34-23-13-7-8-15-26(23)42-29)27(22)41-25(19)17-35(3)31(40)32-21-10-5-4-6-11-21/h7-9,12-15,19-21,25,37H,4-6,10-11,16-18H2,1-3H3,(H,32,40)(H,33,38)/t19-,20-,25+/m1/s1.